The van der Waals surface area contributed by atoms with Gasteiger partial charge in [-0.2, -0.15) is 0 Å². The van der Waals surface area contributed by atoms with Crippen LogP contribution >= 0.6 is 11.6 Å². The van der Waals surface area contributed by atoms with Crippen LogP contribution in [-0.2, 0) is 15.8 Å². The van der Waals surface area contributed by atoms with E-state index in [9.17, 15) is 4.79 Å². The summed E-state index contributed by atoms with van der Waals surface area (Å²) in [7, 11) is -0.673. The van der Waals surface area contributed by atoms with Gasteiger partial charge in [0.05, 0.1) is 18.7 Å². The van der Waals surface area contributed by atoms with Gasteiger partial charge in [0, 0.05) is 11.8 Å². The van der Waals surface area contributed by atoms with Gasteiger partial charge in [-0.25, -0.2) is 9.78 Å². The highest BCUT2D eigenvalue weighted by atomic mass is 35.5. The number of ether oxygens (including phenoxy) is 1. The molecule has 0 N–H and O–H groups in total. The number of carbonyl (C=O) groups is 1. The highest BCUT2D eigenvalue weighted by Gasteiger charge is 2.45. The Hall–Kier alpha value is -0.913. The van der Waals surface area contributed by atoms with Gasteiger partial charge in [-0.1, -0.05) is 53.1 Å². The molecule has 0 aromatic carbocycles. The molecule has 1 aromatic heterocycles. The Balaban J connectivity index is 3.16. The smallest absolute Gasteiger partial charge is 0.357 e. The number of nitrogens with zero attached hydrogens (tertiary/aromatic N) is 1. The van der Waals surface area contributed by atoms with Gasteiger partial charge in [-0.3, -0.25) is 0 Å². The number of esters is 1. The molecule has 0 unspecified atom stereocenters. The van der Waals surface area contributed by atoms with Crippen LogP contribution in [0.3, 0.4) is 0 Å². The van der Waals surface area contributed by atoms with E-state index in [0.29, 0.717) is 33.8 Å². The predicted octanol–water partition coefficient (Wildman–Crippen LogP) is 5.21. The lowest BCUT2D eigenvalue weighted by Crippen LogP contribution is -2.47. The molecule has 0 radical (unpaired) electrons. The summed E-state index contributed by atoms with van der Waals surface area (Å²) in [5.41, 5.74) is 2.36. The van der Waals surface area contributed by atoms with Crippen LogP contribution in [0.4, 0.5) is 0 Å². The number of carbonyl (C=O) groups excluding carboxylic acids is 1. The van der Waals surface area contributed by atoms with E-state index in [1.807, 2.05) is 0 Å². The van der Waals surface area contributed by atoms with Crippen molar-refractivity contribution in [3.8, 4) is 0 Å². The van der Waals surface area contributed by atoms with Crippen LogP contribution in [0.15, 0.2) is 12.3 Å². The fourth-order valence-corrected chi connectivity index (χ4v) is 9.16. The zero-order chi connectivity index (χ0) is 17.8. The molecule has 0 aliphatic heterocycles. The Labute approximate surface area is 145 Å². The highest BCUT2D eigenvalue weighted by molar-refractivity contribution is 6.77. The third-order valence-electron chi connectivity index (χ3n) is 4.50. The normalized spacial score (nSPS) is 12.3. The van der Waals surface area contributed by atoms with Gasteiger partial charge in [-0.05, 0) is 22.7 Å². The number of aromatic nitrogens is 1. The summed E-state index contributed by atoms with van der Waals surface area (Å²) in [5, 5.41) is 0.488. The van der Waals surface area contributed by atoms with E-state index >= 15 is 0 Å². The van der Waals surface area contributed by atoms with Crippen LogP contribution in [0, 0.1) is 0 Å². The van der Waals surface area contributed by atoms with E-state index < -0.39 is 14.3 Å². The molecule has 6 heteroatoms. The number of halogens is 1. The molecule has 0 aliphatic rings. The van der Waals surface area contributed by atoms with Gasteiger partial charge in [0.2, 0.25) is 8.32 Å². The highest BCUT2D eigenvalue weighted by Crippen LogP contribution is 2.42. The number of methoxy groups -OCH3 is 1. The minimum atomic E-state index is -2.02. The Morgan fingerprint density at radius 2 is 1.70 bits per heavy atom. The van der Waals surface area contributed by atoms with Crippen LogP contribution in [0.2, 0.25) is 21.6 Å². The molecule has 1 aromatic rings. The number of pyridine rings is 1. The summed E-state index contributed by atoms with van der Waals surface area (Å²) in [4.78, 5) is 16.0. The maximum absolute atomic E-state index is 11.9. The minimum absolute atomic E-state index is 0.274. The summed E-state index contributed by atoms with van der Waals surface area (Å²) >= 11 is 6.04. The van der Waals surface area contributed by atoms with Crippen molar-refractivity contribution >= 4 is 25.9 Å². The summed E-state index contributed by atoms with van der Waals surface area (Å²) in [6.45, 7) is 13.7. The minimum Gasteiger partial charge on any atom is -0.464 e. The molecule has 0 saturated carbocycles. The molecule has 0 bridgehead atoms. The SMILES string of the molecule is COC(=O)c1ncc(Cl)cc1CO[Si](C(C)C)(C(C)C)C(C)C. The van der Waals surface area contributed by atoms with E-state index in [2.05, 4.69) is 46.5 Å². The van der Waals surface area contributed by atoms with Gasteiger partial charge in [-0.15, -0.1) is 0 Å². The van der Waals surface area contributed by atoms with Gasteiger partial charge >= 0.3 is 5.97 Å². The molecule has 1 heterocycles. The molecular formula is C17H28ClNO3Si. The molecule has 0 fully saturated rings. The third kappa shape index (κ3) is 4.34. The largest absolute Gasteiger partial charge is 0.464 e. The number of hydrogen-bond acceptors (Lipinski definition) is 4. The summed E-state index contributed by atoms with van der Waals surface area (Å²) in [6.07, 6.45) is 1.45. The predicted molar refractivity (Wildman–Crippen MR) is 96.4 cm³/mol. The third-order valence-corrected chi connectivity index (χ3v) is 10.8. The molecule has 0 amide bonds. The molecule has 23 heavy (non-hydrogen) atoms. The lowest BCUT2D eigenvalue weighted by atomic mass is 10.2. The molecule has 0 spiro atoms. The molecule has 0 aliphatic carbocycles. The molecule has 0 saturated heterocycles. The van der Waals surface area contributed by atoms with E-state index in [1.165, 1.54) is 13.3 Å². The first-order chi connectivity index (χ1) is 10.7. The van der Waals surface area contributed by atoms with Gasteiger partial charge in [0.15, 0.2) is 5.69 Å². The Bertz CT molecular complexity index is 525. The number of hydrogen-bond donors (Lipinski definition) is 0. The maximum atomic E-state index is 11.9. The quantitative estimate of drug-likeness (QED) is 0.496. The van der Waals surface area contributed by atoms with E-state index in [4.69, 9.17) is 20.8 Å². The summed E-state index contributed by atoms with van der Waals surface area (Å²) < 4.78 is 11.3. The fraction of sp³-hybridized carbons (Fsp3) is 0.647. The van der Waals surface area contributed by atoms with Crippen molar-refractivity contribution in [2.45, 2.75) is 64.8 Å². The second-order valence-corrected chi connectivity index (χ2v) is 12.7. The molecule has 4 nitrogen and oxygen atoms in total. The Morgan fingerprint density at radius 3 is 2.13 bits per heavy atom. The first-order valence-corrected chi connectivity index (χ1v) is 10.5. The van der Waals surface area contributed by atoms with Crippen LogP contribution in [0.25, 0.3) is 0 Å². The first-order valence-electron chi connectivity index (χ1n) is 8.03. The Kier molecular flexibility index (Phi) is 7.23. The molecule has 0 atom stereocenters. The zero-order valence-electron chi connectivity index (χ0n) is 15.1. The van der Waals surface area contributed by atoms with E-state index in [0.717, 1.165) is 0 Å². The average Bonchev–Trinajstić information content (AvgIpc) is 2.46. The first kappa shape index (κ1) is 20.1. The zero-order valence-corrected chi connectivity index (χ0v) is 16.9. The van der Waals surface area contributed by atoms with Crippen LogP contribution in [-0.4, -0.2) is 26.4 Å². The van der Waals surface area contributed by atoms with Gasteiger partial charge < -0.3 is 9.16 Å². The number of rotatable bonds is 7. The molecular weight excluding hydrogens is 330 g/mol. The average molecular weight is 358 g/mol. The van der Waals surface area contributed by atoms with E-state index in [1.54, 1.807) is 6.07 Å². The lowest BCUT2D eigenvalue weighted by molar-refractivity contribution is 0.0590. The standard InChI is InChI=1S/C17H28ClNO3Si/c1-11(2)23(12(3)4,13(5)6)22-10-14-8-15(18)9-19-16(14)17(20)21-7/h8-9,11-13H,10H2,1-7H3. The van der Waals surface area contributed by atoms with Crippen molar-refractivity contribution in [1.29, 1.82) is 0 Å². The van der Waals surface area contributed by atoms with Crippen molar-refractivity contribution in [1.82, 2.24) is 4.98 Å². The van der Waals surface area contributed by atoms with E-state index in [-0.39, 0.29) is 5.69 Å². The van der Waals surface area contributed by atoms with Crippen molar-refractivity contribution in [2.75, 3.05) is 7.11 Å². The van der Waals surface area contributed by atoms with Crippen LogP contribution in [0.1, 0.15) is 57.6 Å². The fourth-order valence-electron chi connectivity index (χ4n) is 3.57. The molecule has 130 valence electrons. The topological polar surface area (TPSA) is 48.4 Å². The van der Waals surface area contributed by atoms with Crippen molar-refractivity contribution in [3.05, 3.63) is 28.5 Å². The van der Waals surface area contributed by atoms with Crippen molar-refractivity contribution in [3.63, 3.8) is 0 Å². The monoisotopic (exact) mass is 357 g/mol. The van der Waals surface area contributed by atoms with Gasteiger partial charge in [0.1, 0.15) is 0 Å². The second kappa shape index (κ2) is 8.26. The maximum Gasteiger partial charge on any atom is 0.357 e. The second-order valence-electron chi connectivity index (χ2n) is 6.76. The summed E-state index contributed by atoms with van der Waals surface area (Å²) in [6, 6.07) is 1.74. The lowest BCUT2D eigenvalue weighted by Gasteiger charge is -2.42. The van der Waals surface area contributed by atoms with Crippen molar-refractivity contribution < 1.29 is 14.0 Å². The van der Waals surface area contributed by atoms with Gasteiger partial charge in [0.25, 0.3) is 0 Å². The van der Waals surface area contributed by atoms with Crippen LogP contribution < -0.4 is 0 Å². The van der Waals surface area contributed by atoms with Crippen LogP contribution in [0.5, 0.6) is 0 Å². The summed E-state index contributed by atoms with van der Waals surface area (Å²) in [5.74, 6) is -0.467. The van der Waals surface area contributed by atoms with Crippen molar-refractivity contribution in [2.24, 2.45) is 0 Å². The molecule has 1 rings (SSSR count). The Morgan fingerprint density at radius 1 is 1.17 bits per heavy atom.